The van der Waals surface area contributed by atoms with E-state index in [0.717, 1.165) is 18.2 Å². The zero-order chi connectivity index (χ0) is 33.2. The number of nitrogens with zero attached hydrogens (tertiary/aromatic N) is 3. The first kappa shape index (κ1) is 32.4. The molecule has 46 heavy (non-hydrogen) atoms. The van der Waals surface area contributed by atoms with Crippen LogP contribution in [0.3, 0.4) is 0 Å². The van der Waals surface area contributed by atoms with Crippen LogP contribution < -0.4 is 15.5 Å². The molecule has 2 N–H and O–H groups in total. The van der Waals surface area contributed by atoms with Gasteiger partial charge in [0, 0.05) is 30.0 Å². The lowest BCUT2D eigenvalue weighted by molar-refractivity contribution is -0.137. The van der Waals surface area contributed by atoms with Crippen molar-refractivity contribution in [2.24, 2.45) is 5.92 Å². The van der Waals surface area contributed by atoms with Crippen LogP contribution in [0.4, 0.5) is 23.4 Å². The first-order valence-corrected chi connectivity index (χ1v) is 14.9. The number of para-hydroxylation sites is 1. The first-order chi connectivity index (χ1) is 21.9. The minimum Gasteiger partial charge on any atom is -0.350 e. The van der Waals surface area contributed by atoms with Gasteiger partial charge in [-0.3, -0.25) is 19.3 Å². The van der Waals surface area contributed by atoms with Crippen LogP contribution >= 0.6 is 0 Å². The van der Waals surface area contributed by atoms with Crippen LogP contribution in [0.1, 0.15) is 65.9 Å². The molecule has 2 heterocycles. The largest absolute Gasteiger partial charge is 0.416 e. The number of aromatic nitrogens is 2. The number of carbonyl (C=O) groups is 3. The number of nitrogens with one attached hydrogen (secondary N) is 2. The molecule has 1 aromatic heterocycles. The Kier molecular flexibility index (Phi) is 9.27. The number of fused-ring (bicyclic) bond motifs is 1. The van der Waals surface area contributed by atoms with Gasteiger partial charge in [-0.15, -0.1) is 0 Å². The molecule has 1 aliphatic rings. The molecule has 240 valence electrons. The molecule has 0 spiro atoms. The Morgan fingerprint density at radius 2 is 1.67 bits per heavy atom. The van der Waals surface area contributed by atoms with Crippen LogP contribution in [0.5, 0.6) is 0 Å². The van der Waals surface area contributed by atoms with Gasteiger partial charge in [-0.2, -0.15) is 18.3 Å². The molecule has 0 saturated carbocycles. The number of hydrogen-bond acceptors (Lipinski definition) is 4. The Balaban J connectivity index is 1.68. The maximum atomic E-state index is 14.3. The summed E-state index contributed by atoms with van der Waals surface area (Å²) in [7, 11) is 0. The number of benzene rings is 3. The van der Waals surface area contributed by atoms with Crippen molar-refractivity contribution in [3.8, 4) is 5.69 Å². The third-order valence-electron chi connectivity index (χ3n) is 7.74. The number of anilines is 1. The lowest BCUT2D eigenvalue weighted by Gasteiger charge is -2.38. The summed E-state index contributed by atoms with van der Waals surface area (Å²) in [6, 6.07) is 17.1. The molecule has 8 nitrogen and oxygen atoms in total. The van der Waals surface area contributed by atoms with E-state index < -0.39 is 41.3 Å². The summed E-state index contributed by atoms with van der Waals surface area (Å²) in [6.45, 7) is 5.73. The van der Waals surface area contributed by atoms with Crippen LogP contribution in [-0.4, -0.2) is 40.1 Å². The zero-order valence-electron chi connectivity index (χ0n) is 25.4. The number of rotatable bonds is 9. The molecule has 0 bridgehead atoms. The fourth-order valence-corrected chi connectivity index (χ4v) is 5.67. The molecular formula is C34H33F4N5O3. The average Bonchev–Trinajstić information content (AvgIpc) is 3.39. The number of amides is 3. The predicted octanol–water partition coefficient (Wildman–Crippen LogP) is 5.99. The van der Waals surface area contributed by atoms with E-state index in [1.807, 2.05) is 32.0 Å². The highest BCUT2D eigenvalue weighted by Gasteiger charge is 2.46. The summed E-state index contributed by atoms with van der Waals surface area (Å²) in [5, 5.41) is 10.4. The fourth-order valence-electron chi connectivity index (χ4n) is 5.67. The average molecular weight is 636 g/mol. The molecule has 0 saturated heterocycles. The molecule has 12 heteroatoms. The quantitative estimate of drug-likeness (QED) is 0.221. The minimum atomic E-state index is -4.68. The van der Waals surface area contributed by atoms with Crippen LogP contribution in [0.2, 0.25) is 0 Å². The lowest BCUT2D eigenvalue weighted by atomic mass is 9.80. The predicted molar refractivity (Wildman–Crippen MR) is 164 cm³/mol. The van der Waals surface area contributed by atoms with Gasteiger partial charge in [0.05, 0.1) is 23.5 Å². The second-order valence-electron chi connectivity index (χ2n) is 11.4. The van der Waals surface area contributed by atoms with Crippen LogP contribution in [-0.2, 0) is 22.3 Å². The van der Waals surface area contributed by atoms with Crippen molar-refractivity contribution in [2.45, 2.75) is 51.9 Å². The third kappa shape index (κ3) is 6.65. The van der Waals surface area contributed by atoms with E-state index in [-0.39, 0.29) is 36.9 Å². The molecule has 0 aliphatic carbocycles. The highest BCUT2D eigenvalue weighted by atomic mass is 19.4. The van der Waals surface area contributed by atoms with Crippen molar-refractivity contribution in [1.29, 1.82) is 0 Å². The fraction of sp³-hybridized carbons (Fsp3) is 0.294. The Morgan fingerprint density at radius 1 is 0.978 bits per heavy atom. The molecule has 3 aromatic carbocycles. The Bertz CT molecular complexity index is 1740. The molecule has 0 fully saturated rings. The molecule has 0 radical (unpaired) electrons. The number of alkyl halides is 3. The van der Waals surface area contributed by atoms with Gasteiger partial charge in [0.1, 0.15) is 17.7 Å². The highest BCUT2D eigenvalue weighted by molar-refractivity contribution is 6.05. The number of likely N-dealkylation sites (N-methyl/N-ethyl adjacent to an activating group) is 1. The summed E-state index contributed by atoms with van der Waals surface area (Å²) < 4.78 is 56.1. The normalized spacial score (nSPS) is 16.3. The molecule has 5 rings (SSSR count). The van der Waals surface area contributed by atoms with Crippen LogP contribution in [0.15, 0.2) is 78.9 Å². The molecular weight excluding hydrogens is 602 g/mol. The standard InChI is InChI=1S/C34H33F4N5O3/c1-4-42-32-29(26(19-39-27(44)17-20(2)3)41-43(32)25-11-6-5-7-12-25)28(21-13-15-24(35)16-14-21)30(33(42)46)40-31(45)22-9-8-10-23(18-22)34(36,37)38/h5-16,18,20,28,30H,4,17,19H2,1-3H3,(H,39,44)(H,40,45). The molecule has 3 amide bonds. The van der Waals surface area contributed by atoms with Gasteiger partial charge in [0.2, 0.25) is 5.91 Å². The third-order valence-corrected chi connectivity index (χ3v) is 7.74. The Labute approximate surface area is 263 Å². The van der Waals surface area contributed by atoms with Crippen molar-refractivity contribution in [1.82, 2.24) is 20.4 Å². The van der Waals surface area contributed by atoms with Gasteiger partial charge in [-0.1, -0.05) is 50.2 Å². The van der Waals surface area contributed by atoms with Gasteiger partial charge in [-0.25, -0.2) is 9.07 Å². The SMILES string of the molecule is CCN1C(=O)C(NC(=O)c2cccc(C(F)(F)F)c2)C(c2ccc(F)cc2)c2c(CNC(=O)CC(C)C)nn(-c3ccccc3)c21. The summed E-state index contributed by atoms with van der Waals surface area (Å²) in [5.41, 5.74) is 0.727. The number of carbonyl (C=O) groups excluding carboxylic acids is 3. The number of hydrogen-bond donors (Lipinski definition) is 2. The van der Waals surface area contributed by atoms with Crippen LogP contribution in [0.25, 0.3) is 5.69 Å². The van der Waals surface area contributed by atoms with Crippen molar-refractivity contribution in [3.05, 3.63) is 113 Å². The monoisotopic (exact) mass is 635 g/mol. The first-order valence-electron chi connectivity index (χ1n) is 14.9. The molecule has 1 aliphatic heterocycles. The summed E-state index contributed by atoms with van der Waals surface area (Å²) in [5.74, 6) is -2.57. The highest BCUT2D eigenvalue weighted by Crippen LogP contribution is 2.44. The Morgan fingerprint density at radius 3 is 2.30 bits per heavy atom. The minimum absolute atomic E-state index is 0.00848. The summed E-state index contributed by atoms with van der Waals surface area (Å²) in [4.78, 5) is 42.0. The van der Waals surface area contributed by atoms with E-state index in [1.165, 1.54) is 35.2 Å². The maximum Gasteiger partial charge on any atom is 0.416 e. The Hall–Kier alpha value is -5.00. The van der Waals surface area contributed by atoms with Crippen molar-refractivity contribution >= 4 is 23.5 Å². The smallest absolute Gasteiger partial charge is 0.350 e. The van der Waals surface area contributed by atoms with Gasteiger partial charge < -0.3 is 10.6 Å². The lowest BCUT2D eigenvalue weighted by Crippen LogP contribution is -2.55. The van der Waals surface area contributed by atoms with E-state index in [9.17, 15) is 31.9 Å². The van der Waals surface area contributed by atoms with E-state index in [1.54, 1.807) is 23.7 Å². The topological polar surface area (TPSA) is 96.3 Å². The summed E-state index contributed by atoms with van der Waals surface area (Å²) in [6.07, 6.45) is -4.40. The molecule has 2 atom stereocenters. The van der Waals surface area contributed by atoms with Crippen molar-refractivity contribution < 1.29 is 31.9 Å². The second kappa shape index (κ2) is 13.2. The zero-order valence-corrected chi connectivity index (χ0v) is 25.4. The van der Waals surface area contributed by atoms with Gasteiger partial charge >= 0.3 is 6.18 Å². The molecule has 4 aromatic rings. The van der Waals surface area contributed by atoms with Gasteiger partial charge in [0.25, 0.3) is 11.8 Å². The van der Waals surface area contributed by atoms with E-state index >= 15 is 0 Å². The molecule has 2 unspecified atom stereocenters. The van der Waals surface area contributed by atoms with Gasteiger partial charge in [-0.05, 0) is 60.9 Å². The second-order valence-corrected chi connectivity index (χ2v) is 11.4. The van der Waals surface area contributed by atoms with Gasteiger partial charge in [0.15, 0.2) is 0 Å². The number of halogens is 4. The van der Waals surface area contributed by atoms with Crippen LogP contribution in [0, 0.1) is 11.7 Å². The van der Waals surface area contributed by atoms with E-state index in [4.69, 9.17) is 5.10 Å². The van der Waals surface area contributed by atoms with Crippen molar-refractivity contribution in [3.63, 3.8) is 0 Å². The van der Waals surface area contributed by atoms with Crippen molar-refractivity contribution in [2.75, 3.05) is 11.4 Å². The van der Waals surface area contributed by atoms with E-state index in [0.29, 0.717) is 28.3 Å². The maximum absolute atomic E-state index is 14.3. The summed E-state index contributed by atoms with van der Waals surface area (Å²) >= 11 is 0. The van der Waals surface area contributed by atoms with E-state index in [2.05, 4.69) is 10.6 Å².